The van der Waals surface area contributed by atoms with E-state index >= 15 is 0 Å². The maximum absolute atomic E-state index is 13.2. The van der Waals surface area contributed by atoms with Crippen LogP contribution in [0, 0.1) is 0 Å². The largest absolute Gasteiger partial charge is 0.458 e. The Morgan fingerprint density at radius 2 is 2.16 bits per heavy atom. The lowest BCUT2D eigenvalue weighted by molar-refractivity contribution is -0.171. The fourth-order valence-electron chi connectivity index (χ4n) is 4.23. The van der Waals surface area contributed by atoms with Crippen LogP contribution >= 0.6 is 0 Å². The molecule has 1 aromatic carbocycles. The Labute approximate surface area is 183 Å². The third-order valence-electron chi connectivity index (χ3n) is 5.81. The molecule has 32 heavy (non-hydrogen) atoms. The molecule has 0 saturated heterocycles. The summed E-state index contributed by atoms with van der Waals surface area (Å²) in [5.74, 6) is -1.19. The average molecular weight is 431 g/mol. The smallest absolute Gasteiger partial charge is 0.352 e. The van der Waals surface area contributed by atoms with Crippen molar-refractivity contribution in [3.05, 3.63) is 63.4 Å². The second kappa shape index (κ2) is 8.03. The first-order chi connectivity index (χ1) is 15.6. The molecule has 0 radical (unpaired) electrons. The number of nitrogens with zero attached hydrogens (tertiary/aromatic N) is 3. The lowest BCUT2D eigenvalue weighted by Crippen LogP contribution is -2.34. The predicted molar refractivity (Wildman–Crippen MR) is 117 cm³/mol. The number of esters is 2. The van der Waals surface area contributed by atoms with Crippen LogP contribution in [0.4, 0.5) is 0 Å². The number of aromatic nitrogens is 2. The Balaban J connectivity index is 1.52. The minimum Gasteiger partial charge on any atom is -0.458 e. The summed E-state index contributed by atoms with van der Waals surface area (Å²) in [4.78, 5) is 46.6. The number of carbonyl (C=O) groups is 2. The predicted octanol–water partition coefficient (Wildman–Crippen LogP) is 2.94. The number of hydrogen-bond donors (Lipinski definition) is 0. The van der Waals surface area contributed by atoms with Crippen LogP contribution in [0.1, 0.15) is 42.1 Å². The molecule has 0 bridgehead atoms. The Morgan fingerprint density at radius 1 is 1.31 bits per heavy atom. The number of para-hydroxylation sites is 1. The molecule has 0 saturated carbocycles. The number of pyridine rings is 2. The highest BCUT2D eigenvalue weighted by atomic mass is 16.6. The molecule has 0 N–H and O–H groups in total. The highest BCUT2D eigenvalue weighted by Crippen LogP contribution is 2.36. The van der Waals surface area contributed by atoms with Gasteiger partial charge in [-0.05, 0) is 37.3 Å². The van der Waals surface area contributed by atoms with Crippen molar-refractivity contribution in [2.24, 2.45) is 4.99 Å². The summed E-state index contributed by atoms with van der Waals surface area (Å²) in [6, 6.07) is 11.5. The number of fused-ring (bicyclic) bond motifs is 5. The summed E-state index contributed by atoms with van der Waals surface area (Å²) in [6.45, 7) is 0.256. The number of benzene rings is 1. The standard InChI is InChI=1S/C24H21N3O5/c1-25-9-5-4-8-20(28)32-22-16-11-19-21-15(10-14-6-2-3-7-18(14)26-21)12-27(19)23(29)17(16)13-31-24(22)30/h2-3,6-7,9-11,22H,4-5,8,12-13H2,1H3. The summed E-state index contributed by atoms with van der Waals surface area (Å²) in [6.07, 6.45) is 1.81. The minimum absolute atomic E-state index is 0.139. The van der Waals surface area contributed by atoms with Crippen molar-refractivity contribution >= 4 is 29.1 Å². The van der Waals surface area contributed by atoms with Crippen LogP contribution in [0.5, 0.6) is 0 Å². The van der Waals surface area contributed by atoms with Crippen LogP contribution in [-0.2, 0) is 32.2 Å². The molecule has 0 aliphatic carbocycles. The SMILES string of the molecule is CN=CCCCC(=O)OC1C(=O)OCc2c1cc1n(c2=O)Cc2cc3ccccc3nc2-1. The number of hydrogen-bond acceptors (Lipinski definition) is 7. The lowest BCUT2D eigenvalue weighted by Gasteiger charge is -2.25. The van der Waals surface area contributed by atoms with Crippen molar-refractivity contribution in [2.75, 3.05) is 7.05 Å². The molecule has 8 heteroatoms. The van der Waals surface area contributed by atoms with Crippen molar-refractivity contribution in [3.63, 3.8) is 0 Å². The van der Waals surface area contributed by atoms with E-state index in [1.165, 1.54) is 0 Å². The van der Waals surface area contributed by atoms with Gasteiger partial charge in [-0.15, -0.1) is 0 Å². The van der Waals surface area contributed by atoms with Crippen molar-refractivity contribution in [1.82, 2.24) is 9.55 Å². The van der Waals surface area contributed by atoms with Crippen LogP contribution in [0.15, 0.2) is 46.2 Å². The van der Waals surface area contributed by atoms with Gasteiger partial charge in [0.2, 0.25) is 6.10 Å². The van der Waals surface area contributed by atoms with E-state index in [0.29, 0.717) is 41.9 Å². The van der Waals surface area contributed by atoms with Crippen LogP contribution in [0.25, 0.3) is 22.3 Å². The fourth-order valence-corrected chi connectivity index (χ4v) is 4.23. The fraction of sp³-hybridized carbons (Fsp3) is 0.292. The van der Waals surface area contributed by atoms with Crippen molar-refractivity contribution < 1.29 is 19.1 Å². The highest BCUT2D eigenvalue weighted by Gasteiger charge is 2.37. The molecule has 2 aromatic heterocycles. The number of ether oxygens (including phenoxy) is 2. The normalized spacial score (nSPS) is 16.5. The van der Waals surface area contributed by atoms with Crippen molar-refractivity contribution in [3.8, 4) is 11.4 Å². The molecule has 2 aliphatic heterocycles. The zero-order chi connectivity index (χ0) is 22.2. The molecular weight excluding hydrogens is 410 g/mol. The summed E-state index contributed by atoms with van der Waals surface area (Å²) in [5.41, 5.74) is 3.53. The zero-order valence-electron chi connectivity index (χ0n) is 17.5. The van der Waals surface area contributed by atoms with Crippen LogP contribution in [0.3, 0.4) is 0 Å². The van der Waals surface area contributed by atoms with E-state index in [1.807, 2.05) is 30.3 Å². The van der Waals surface area contributed by atoms with E-state index in [4.69, 9.17) is 14.5 Å². The van der Waals surface area contributed by atoms with Crippen LogP contribution in [0.2, 0.25) is 0 Å². The number of aliphatic imine (C=N–C) groups is 1. The molecule has 0 amide bonds. The number of cyclic esters (lactones) is 1. The van der Waals surface area contributed by atoms with Crippen molar-refractivity contribution in [2.45, 2.75) is 38.5 Å². The van der Waals surface area contributed by atoms with Crippen molar-refractivity contribution in [1.29, 1.82) is 0 Å². The lowest BCUT2D eigenvalue weighted by atomic mass is 10.00. The number of rotatable bonds is 5. The van der Waals surface area contributed by atoms with E-state index in [9.17, 15) is 14.4 Å². The molecule has 5 rings (SSSR count). The molecule has 162 valence electrons. The molecule has 1 atom stereocenters. The average Bonchev–Trinajstić information content (AvgIpc) is 3.15. The minimum atomic E-state index is -1.26. The van der Waals surface area contributed by atoms with Gasteiger partial charge in [0.15, 0.2) is 0 Å². The molecule has 3 aromatic rings. The molecule has 1 unspecified atom stereocenters. The molecule has 0 fully saturated rings. The highest BCUT2D eigenvalue weighted by molar-refractivity contribution is 5.85. The van der Waals surface area contributed by atoms with Gasteiger partial charge in [0.1, 0.15) is 6.61 Å². The maximum atomic E-state index is 13.2. The number of carbonyl (C=O) groups excluding carboxylic acids is 2. The van der Waals surface area contributed by atoms with E-state index in [0.717, 1.165) is 16.5 Å². The first-order valence-electron chi connectivity index (χ1n) is 10.5. The molecule has 4 heterocycles. The van der Waals surface area contributed by atoms with Gasteiger partial charge in [0, 0.05) is 30.0 Å². The van der Waals surface area contributed by atoms with Gasteiger partial charge >= 0.3 is 11.9 Å². The van der Waals surface area contributed by atoms with Gasteiger partial charge in [-0.2, -0.15) is 0 Å². The molecule has 0 spiro atoms. The molecular formula is C24H21N3O5. The third kappa shape index (κ3) is 3.37. The Kier molecular flexibility index (Phi) is 5.05. The summed E-state index contributed by atoms with van der Waals surface area (Å²) in [5, 5.41) is 0.996. The monoisotopic (exact) mass is 431 g/mol. The topological polar surface area (TPSA) is 99.8 Å². The van der Waals surface area contributed by atoms with Gasteiger partial charge in [-0.3, -0.25) is 9.59 Å². The third-order valence-corrected chi connectivity index (χ3v) is 5.81. The summed E-state index contributed by atoms with van der Waals surface area (Å²) >= 11 is 0. The first kappa shape index (κ1) is 20.1. The van der Waals surface area contributed by atoms with E-state index in [2.05, 4.69) is 4.99 Å². The van der Waals surface area contributed by atoms with E-state index < -0.39 is 18.0 Å². The zero-order valence-corrected chi connectivity index (χ0v) is 17.5. The summed E-state index contributed by atoms with van der Waals surface area (Å²) in [7, 11) is 1.67. The summed E-state index contributed by atoms with van der Waals surface area (Å²) < 4.78 is 12.3. The van der Waals surface area contributed by atoms with Crippen LogP contribution in [-0.4, -0.2) is 34.8 Å². The second-order valence-electron chi connectivity index (χ2n) is 7.85. The van der Waals surface area contributed by atoms with Gasteiger partial charge in [0.25, 0.3) is 5.56 Å². The van der Waals surface area contributed by atoms with Gasteiger partial charge in [0.05, 0.1) is 29.0 Å². The van der Waals surface area contributed by atoms with E-state index in [-0.39, 0.29) is 18.6 Å². The number of unbranched alkanes of at least 4 members (excludes halogenated alkanes) is 1. The Morgan fingerprint density at radius 3 is 3.00 bits per heavy atom. The van der Waals surface area contributed by atoms with Gasteiger partial charge < -0.3 is 19.0 Å². The molecule has 8 nitrogen and oxygen atoms in total. The first-order valence-corrected chi connectivity index (χ1v) is 10.5. The van der Waals surface area contributed by atoms with Gasteiger partial charge in [-0.25, -0.2) is 9.78 Å². The maximum Gasteiger partial charge on any atom is 0.352 e. The second-order valence-corrected chi connectivity index (χ2v) is 7.85. The van der Waals surface area contributed by atoms with Gasteiger partial charge in [-0.1, -0.05) is 18.2 Å². The Hall–Kier alpha value is -3.81. The molecule has 2 aliphatic rings. The van der Waals surface area contributed by atoms with Crippen LogP contribution < -0.4 is 5.56 Å². The Bertz CT molecular complexity index is 1340. The quantitative estimate of drug-likeness (QED) is 0.274. The van der Waals surface area contributed by atoms with E-state index in [1.54, 1.807) is 23.9 Å².